The standard InChI is InChI=1S/C23H30N4O2/c1-29-22-9-5-8-21(18-22)26-14-16-27(17-15-26)23(28)24-19-10-12-25(13-11-19)20-6-3-2-4-7-20/h2-9,18-19H,10-17H2,1H3,(H,24,28). The van der Waals surface area contributed by atoms with Crippen LogP contribution in [0.15, 0.2) is 54.6 Å². The Morgan fingerprint density at radius 1 is 0.862 bits per heavy atom. The van der Waals surface area contributed by atoms with Crippen LogP contribution >= 0.6 is 0 Å². The summed E-state index contributed by atoms with van der Waals surface area (Å²) in [6.45, 7) is 5.13. The molecule has 2 aromatic rings. The number of nitrogens with one attached hydrogen (secondary N) is 1. The van der Waals surface area contributed by atoms with Crippen molar-refractivity contribution in [1.29, 1.82) is 0 Å². The number of hydrogen-bond acceptors (Lipinski definition) is 4. The first-order valence-corrected chi connectivity index (χ1v) is 10.5. The first-order chi connectivity index (χ1) is 14.2. The number of piperazine rings is 1. The molecule has 0 saturated carbocycles. The van der Waals surface area contributed by atoms with E-state index in [1.807, 2.05) is 23.1 Å². The average molecular weight is 395 g/mol. The Labute approximate surface area is 173 Å². The van der Waals surface area contributed by atoms with Crippen molar-refractivity contribution in [2.24, 2.45) is 0 Å². The van der Waals surface area contributed by atoms with Gasteiger partial charge in [-0.25, -0.2) is 4.79 Å². The van der Waals surface area contributed by atoms with Crippen LogP contribution < -0.4 is 19.9 Å². The predicted molar refractivity (Wildman–Crippen MR) is 117 cm³/mol. The Hall–Kier alpha value is -2.89. The SMILES string of the molecule is COc1cccc(N2CCN(C(=O)NC3CCN(c4ccccc4)CC3)CC2)c1. The predicted octanol–water partition coefficient (Wildman–Crippen LogP) is 3.20. The number of rotatable bonds is 4. The zero-order chi connectivity index (χ0) is 20.1. The number of anilines is 2. The molecule has 29 heavy (non-hydrogen) atoms. The summed E-state index contributed by atoms with van der Waals surface area (Å²) in [5.74, 6) is 0.865. The lowest BCUT2D eigenvalue weighted by Crippen LogP contribution is -2.55. The number of para-hydroxylation sites is 1. The summed E-state index contributed by atoms with van der Waals surface area (Å²) in [5.41, 5.74) is 2.42. The molecular weight excluding hydrogens is 364 g/mol. The van der Waals surface area contributed by atoms with Crippen LogP contribution in [0.25, 0.3) is 0 Å². The second-order valence-corrected chi connectivity index (χ2v) is 7.72. The fourth-order valence-electron chi connectivity index (χ4n) is 4.16. The Morgan fingerprint density at radius 3 is 2.21 bits per heavy atom. The van der Waals surface area contributed by atoms with Crippen LogP contribution in [-0.2, 0) is 0 Å². The average Bonchev–Trinajstić information content (AvgIpc) is 2.80. The van der Waals surface area contributed by atoms with Gasteiger partial charge >= 0.3 is 6.03 Å². The van der Waals surface area contributed by atoms with Gasteiger partial charge in [-0.3, -0.25) is 0 Å². The van der Waals surface area contributed by atoms with Gasteiger partial charge in [0.1, 0.15) is 5.75 Å². The van der Waals surface area contributed by atoms with Crippen molar-refractivity contribution in [2.75, 3.05) is 56.2 Å². The number of ether oxygens (including phenoxy) is 1. The number of carbonyl (C=O) groups is 1. The molecule has 2 fully saturated rings. The van der Waals surface area contributed by atoms with Gasteiger partial charge in [0.2, 0.25) is 0 Å². The molecule has 2 aliphatic rings. The highest BCUT2D eigenvalue weighted by Crippen LogP contribution is 2.23. The van der Waals surface area contributed by atoms with E-state index in [1.54, 1.807) is 7.11 Å². The quantitative estimate of drug-likeness (QED) is 0.865. The highest BCUT2D eigenvalue weighted by Gasteiger charge is 2.25. The third-order valence-corrected chi connectivity index (χ3v) is 5.93. The fourth-order valence-corrected chi connectivity index (χ4v) is 4.16. The molecule has 2 heterocycles. The maximum absolute atomic E-state index is 12.7. The number of benzene rings is 2. The molecule has 0 aromatic heterocycles. The highest BCUT2D eigenvalue weighted by molar-refractivity contribution is 5.75. The lowest BCUT2D eigenvalue weighted by atomic mass is 10.0. The van der Waals surface area contributed by atoms with Crippen LogP contribution in [0.3, 0.4) is 0 Å². The van der Waals surface area contributed by atoms with Crippen LogP contribution in [0, 0.1) is 0 Å². The molecule has 2 aromatic carbocycles. The Balaban J connectivity index is 1.23. The van der Waals surface area contributed by atoms with Crippen molar-refractivity contribution in [3.63, 3.8) is 0 Å². The maximum Gasteiger partial charge on any atom is 0.317 e. The highest BCUT2D eigenvalue weighted by atomic mass is 16.5. The van der Waals surface area contributed by atoms with Crippen LogP contribution in [0.4, 0.5) is 16.2 Å². The van der Waals surface area contributed by atoms with Crippen LogP contribution in [0.2, 0.25) is 0 Å². The molecule has 6 nitrogen and oxygen atoms in total. The molecule has 2 saturated heterocycles. The fraction of sp³-hybridized carbons (Fsp3) is 0.435. The molecule has 2 amide bonds. The second kappa shape index (κ2) is 9.07. The van der Waals surface area contributed by atoms with Crippen molar-refractivity contribution in [3.05, 3.63) is 54.6 Å². The van der Waals surface area contributed by atoms with E-state index in [4.69, 9.17) is 4.74 Å². The molecule has 154 valence electrons. The molecule has 1 N–H and O–H groups in total. The van der Waals surface area contributed by atoms with Gasteiger partial charge in [-0.2, -0.15) is 0 Å². The van der Waals surface area contributed by atoms with Crippen molar-refractivity contribution in [3.8, 4) is 5.75 Å². The topological polar surface area (TPSA) is 48.1 Å². The van der Waals surface area contributed by atoms with E-state index in [2.05, 4.69) is 51.5 Å². The minimum atomic E-state index is 0.0773. The van der Waals surface area contributed by atoms with E-state index in [0.717, 1.165) is 63.5 Å². The molecule has 0 radical (unpaired) electrons. The summed E-state index contributed by atoms with van der Waals surface area (Å²) in [6.07, 6.45) is 1.98. The zero-order valence-electron chi connectivity index (χ0n) is 17.1. The van der Waals surface area contributed by atoms with Crippen LogP contribution in [-0.4, -0.2) is 63.4 Å². The lowest BCUT2D eigenvalue weighted by Gasteiger charge is -2.38. The monoisotopic (exact) mass is 394 g/mol. The van der Waals surface area contributed by atoms with Crippen molar-refractivity contribution < 1.29 is 9.53 Å². The van der Waals surface area contributed by atoms with E-state index in [1.165, 1.54) is 5.69 Å². The molecular formula is C23H30N4O2. The number of amides is 2. The second-order valence-electron chi connectivity index (χ2n) is 7.72. The summed E-state index contributed by atoms with van der Waals surface area (Å²) in [5, 5.41) is 3.26. The summed E-state index contributed by atoms with van der Waals surface area (Å²) in [7, 11) is 1.69. The van der Waals surface area contributed by atoms with Gasteiger partial charge in [0.25, 0.3) is 0 Å². The Morgan fingerprint density at radius 2 is 1.52 bits per heavy atom. The first-order valence-electron chi connectivity index (χ1n) is 10.5. The Bertz CT molecular complexity index is 798. The van der Waals surface area contributed by atoms with Gasteiger partial charge in [0.15, 0.2) is 0 Å². The molecule has 6 heteroatoms. The molecule has 0 spiro atoms. The van der Waals surface area contributed by atoms with E-state index in [-0.39, 0.29) is 12.1 Å². The Kier molecular flexibility index (Phi) is 6.08. The number of hydrogen-bond donors (Lipinski definition) is 1. The van der Waals surface area contributed by atoms with Gasteiger partial charge in [0.05, 0.1) is 7.11 Å². The normalized spacial score (nSPS) is 17.9. The van der Waals surface area contributed by atoms with Gasteiger partial charge in [-0.05, 0) is 37.1 Å². The molecule has 0 atom stereocenters. The lowest BCUT2D eigenvalue weighted by molar-refractivity contribution is 0.188. The number of carbonyl (C=O) groups excluding carboxylic acids is 1. The van der Waals surface area contributed by atoms with Crippen molar-refractivity contribution >= 4 is 17.4 Å². The van der Waals surface area contributed by atoms with Crippen LogP contribution in [0.5, 0.6) is 5.75 Å². The summed E-state index contributed by atoms with van der Waals surface area (Å²) >= 11 is 0. The molecule has 4 rings (SSSR count). The van der Waals surface area contributed by atoms with E-state index < -0.39 is 0 Å². The zero-order valence-corrected chi connectivity index (χ0v) is 17.1. The molecule has 0 unspecified atom stereocenters. The van der Waals surface area contributed by atoms with Gasteiger partial charge in [-0.15, -0.1) is 0 Å². The third-order valence-electron chi connectivity index (χ3n) is 5.93. The molecule has 2 aliphatic heterocycles. The smallest absolute Gasteiger partial charge is 0.317 e. The first kappa shape index (κ1) is 19.4. The number of nitrogens with zero attached hydrogens (tertiary/aromatic N) is 3. The van der Waals surface area contributed by atoms with Crippen molar-refractivity contribution in [2.45, 2.75) is 18.9 Å². The van der Waals surface area contributed by atoms with E-state index >= 15 is 0 Å². The molecule has 0 aliphatic carbocycles. The van der Waals surface area contributed by atoms with E-state index in [9.17, 15) is 4.79 Å². The van der Waals surface area contributed by atoms with Crippen LogP contribution in [0.1, 0.15) is 12.8 Å². The summed E-state index contributed by atoms with van der Waals surface area (Å²) in [6, 6.07) is 19.0. The largest absolute Gasteiger partial charge is 0.497 e. The van der Waals surface area contributed by atoms with E-state index in [0.29, 0.717) is 0 Å². The van der Waals surface area contributed by atoms with Gasteiger partial charge in [0, 0.05) is 62.8 Å². The third kappa shape index (κ3) is 4.75. The number of urea groups is 1. The minimum Gasteiger partial charge on any atom is -0.497 e. The van der Waals surface area contributed by atoms with Crippen molar-refractivity contribution in [1.82, 2.24) is 10.2 Å². The number of methoxy groups -OCH3 is 1. The maximum atomic E-state index is 12.7. The number of piperidine rings is 1. The van der Waals surface area contributed by atoms with Gasteiger partial charge < -0.3 is 24.8 Å². The minimum absolute atomic E-state index is 0.0773. The summed E-state index contributed by atoms with van der Waals surface area (Å²) < 4.78 is 5.32. The molecule has 0 bridgehead atoms. The summed E-state index contributed by atoms with van der Waals surface area (Å²) in [4.78, 5) is 19.4. The van der Waals surface area contributed by atoms with Gasteiger partial charge in [-0.1, -0.05) is 24.3 Å².